The maximum Gasteiger partial charge on any atom is 0.259 e. The lowest BCUT2D eigenvalue weighted by molar-refractivity contribution is 0.102. The Bertz CT molecular complexity index is 628. The summed E-state index contributed by atoms with van der Waals surface area (Å²) < 4.78 is 1.71. The highest BCUT2D eigenvalue weighted by Crippen LogP contribution is 2.25. The molecule has 1 heterocycles. The molecular formula is C13H15ClN4O. The first kappa shape index (κ1) is 13.4. The molecule has 100 valence electrons. The Morgan fingerprint density at radius 3 is 2.63 bits per heavy atom. The Hall–Kier alpha value is -2.01. The van der Waals surface area contributed by atoms with Gasteiger partial charge in [-0.1, -0.05) is 17.7 Å². The van der Waals surface area contributed by atoms with Gasteiger partial charge in [-0.05, 0) is 26.0 Å². The molecule has 0 aliphatic rings. The molecular weight excluding hydrogens is 264 g/mol. The monoisotopic (exact) mass is 278 g/mol. The number of halogens is 1. The van der Waals surface area contributed by atoms with Crippen LogP contribution in [0.2, 0.25) is 5.02 Å². The van der Waals surface area contributed by atoms with E-state index >= 15 is 0 Å². The second kappa shape index (κ2) is 4.93. The zero-order valence-corrected chi connectivity index (χ0v) is 11.7. The van der Waals surface area contributed by atoms with Crippen LogP contribution in [0.25, 0.3) is 0 Å². The first-order chi connectivity index (χ1) is 8.91. The van der Waals surface area contributed by atoms with Crippen LogP contribution >= 0.6 is 11.6 Å². The van der Waals surface area contributed by atoms with Crippen molar-refractivity contribution in [3.63, 3.8) is 0 Å². The number of nitrogens with one attached hydrogen (secondary N) is 1. The van der Waals surface area contributed by atoms with Gasteiger partial charge in [0.15, 0.2) is 0 Å². The number of carbonyl (C=O) groups excluding carboxylic acids is 1. The van der Waals surface area contributed by atoms with E-state index in [0.29, 0.717) is 16.4 Å². The number of hydrogen-bond donors (Lipinski definition) is 2. The summed E-state index contributed by atoms with van der Waals surface area (Å²) in [6, 6.07) is 4.98. The molecule has 1 aromatic heterocycles. The Labute approximate surface area is 116 Å². The van der Waals surface area contributed by atoms with E-state index in [1.165, 1.54) is 0 Å². The first-order valence-corrected chi connectivity index (χ1v) is 6.15. The van der Waals surface area contributed by atoms with Crippen LogP contribution in [0, 0.1) is 13.8 Å². The maximum absolute atomic E-state index is 12.3. The molecule has 0 saturated carbocycles. The summed E-state index contributed by atoms with van der Waals surface area (Å²) in [5, 5.41) is 7.38. The van der Waals surface area contributed by atoms with Gasteiger partial charge in [-0.25, -0.2) is 0 Å². The van der Waals surface area contributed by atoms with Crippen molar-refractivity contribution in [3.8, 4) is 0 Å². The van der Waals surface area contributed by atoms with Crippen molar-refractivity contribution in [3.05, 3.63) is 40.2 Å². The lowest BCUT2D eigenvalue weighted by atomic mass is 10.1. The van der Waals surface area contributed by atoms with Crippen LogP contribution in [0.5, 0.6) is 0 Å². The van der Waals surface area contributed by atoms with Gasteiger partial charge in [-0.3, -0.25) is 9.48 Å². The van der Waals surface area contributed by atoms with Crippen molar-refractivity contribution in [2.45, 2.75) is 13.8 Å². The number of nitrogen functional groups attached to an aromatic ring is 1. The quantitative estimate of drug-likeness (QED) is 0.829. The van der Waals surface area contributed by atoms with E-state index in [1.807, 2.05) is 20.9 Å². The Morgan fingerprint density at radius 2 is 2.11 bits per heavy atom. The minimum absolute atomic E-state index is 0.284. The third-order valence-corrected chi connectivity index (χ3v) is 3.34. The average molecular weight is 279 g/mol. The molecule has 0 bridgehead atoms. The molecule has 0 unspecified atom stereocenters. The van der Waals surface area contributed by atoms with Crippen molar-refractivity contribution < 1.29 is 4.79 Å². The van der Waals surface area contributed by atoms with Gasteiger partial charge in [0.2, 0.25) is 0 Å². The Kier molecular flexibility index (Phi) is 3.48. The molecule has 5 nitrogen and oxygen atoms in total. The number of carbonyl (C=O) groups is 1. The Balaban J connectivity index is 2.36. The van der Waals surface area contributed by atoms with Crippen molar-refractivity contribution in [2.75, 3.05) is 11.1 Å². The van der Waals surface area contributed by atoms with Crippen LogP contribution in [-0.4, -0.2) is 15.7 Å². The molecule has 2 rings (SSSR count). The summed E-state index contributed by atoms with van der Waals surface area (Å²) in [7, 11) is 1.82. The van der Waals surface area contributed by atoms with Gasteiger partial charge in [0, 0.05) is 12.7 Å². The lowest BCUT2D eigenvalue weighted by Gasteiger charge is -2.09. The van der Waals surface area contributed by atoms with Gasteiger partial charge in [-0.15, -0.1) is 0 Å². The molecule has 0 fully saturated rings. The smallest absolute Gasteiger partial charge is 0.259 e. The van der Waals surface area contributed by atoms with Crippen LogP contribution in [-0.2, 0) is 7.05 Å². The zero-order valence-electron chi connectivity index (χ0n) is 11.0. The van der Waals surface area contributed by atoms with Gasteiger partial charge in [0.05, 0.1) is 27.7 Å². The topological polar surface area (TPSA) is 72.9 Å². The minimum Gasteiger partial charge on any atom is -0.398 e. The summed E-state index contributed by atoms with van der Waals surface area (Å²) >= 11 is 6.01. The largest absolute Gasteiger partial charge is 0.398 e. The molecule has 0 spiro atoms. The van der Waals surface area contributed by atoms with Crippen LogP contribution in [0.3, 0.4) is 0 Å². The van der Waals surface area contributed by atoms with Crippen molar-refractivity contribution in [1.29, 1.82) is 0 Å². The number of hydrogen-bond acceptors (Lipinski definition) is 3. The lowest BCUT2D eigenvalue weighted by Crippen LogP contribution is -2.15. The molecule has 0 radical (unpaired) electrons. The summed E-state index contributed by atoms with van der Waals surface area (Å²) in [6.07, 6.45) is 0. The van der Waals surface area contributed by atoms with Crippen molar-refractivity contribution >= 4 is 28.9 Å². The molecule has 3 N–H and O–H groups in total. The number of rotatable bonds is 2. The van der Waals surface area contributed by atoms with Crippen molar-refractivity contribution in [2.24, 2.45) is 7.05 Å². The third kappa shape index (κ3) is 2.42. The minimum atomic E-state index is -0.331. The normalized spacial score (nSPS) is 10.5. The van der Waals surface area contributed by atoms with Crippen molar-refractivity contribution in [1.82, 2.24) is 9.78 Å². The third-order valence-electron chi connectivity index (χ3n) is 3.02. The fourth-order valence-electron chi connectivity index (χ4n) is 1.91. The number of nitrogens with zero attached hydrogens (tertiary/aromatic N) is 2. The SMILES string of the molecule is Cc1nn(C)c(C)c1NC(=O)c1c(N)cccc1Cl. The van der Waals surface area contributed by atoms with Gasteiger partial charge < -0.3 is 11.1 Å². The van der Waals surface area contributed by atoms with Gasteiger partial charge in [-0.2, -0.15) is 5.10 Å². The fraction of sp³-hybridized carbons (Fsp3) is 0.231. The molecule has 0 aliphatic carbocycles. The molecule has 2 aromatic rings. The van der Waals surface area contributed by atoms with Gasteiger partial charge in [0.25, 0.3) is 5.91 Å². The van der Waals surface area contributed by atoms with Gasteiger partial charge in [0.1, 0.15) is 0 Å². The van der Waals surface area contributed by atoms with Crippen LogP contribution in [0.4, 0.5) is 11.4 Å². The van der Waals surface area contributed by atoms with E-state index in [2.05, 4.69) is 10.4 Å². The van der Waals surface area contributed by atoms with Gasteiger partial charge >= 0.3 is 0 Å². The number of aromatic nitrogens is 2. The fourth-order valence-corrected chi connectivity index (χ4v) is 2.18. The predicted molar refractivity (Wildman–Crippen MR) is 76.5 cm³/mol. The number of aryl methyl sites for hydroxylation is 2. The second-order valence-electron chi connectivity index (χ2n) is 4.33. The highest BCUT2D eigenvalue weighted by Gasteiger charge is 2.17. The number of amides is 1. The van der Waals surface area contributed by atoms with E-state index in [-0.39, 0.29) is 11.5 Å². The highest BCUT2D eigenvalue weighted by atomic mass is 35.5. The second-order valence-corrected chi connectivity index (χ2v) is 4.73. The van der Waals surface area contributed by atoms with Crippen LogP contribution in [0.1, 0.15) is 21.7 Å². The summed E-state index contributed by atoms with van der Waals surface area (Å²) in [6.45, 7) is 3.71. The maximum atomic E-state index is 12.3. The molecule has 0 aliphatic heterocycles. The standard InChI is InChI=1S/C13H15ClN4O/c1-7-12(8(2)18(3)17-7)16-13(19)11-9(14)5-4-6-10(11)15/h4-6H,15H2,1-3H3,(H,16,19). The molecule has 1 aromatic carbocycles. The molecule has 6 heteroatoms. The Morgan fingerprint density at radius 1 is 1.42 bits per heavy atom. The number of nitrogens with two attached hydrogens (primary N) is 1. The summed E-state index contributed by atoms with van der Waals surface area (Å²) in [4.78, 5) is 12.3. The molecule has 0 atom stereocenters. The molecule has 19 heavy (non-hydrogen) atoms. The first-order valence-electron chi connectivity index (χ1n) is 5.77. The number of anilines is 2. The van der Waals surface area contributed by atoms with E-state index in [4.69, 9.17) is 17.3 Å². The van der Waals surface area contributed by atoms with E-state index in [1.54, 1.807) is 22.9 Å². The van der Waals surface area contributed by atoms with E-state index in [9.17, 15) is 4.79 Å². The highest BCUT2D eigenvalue weighted by molar-refractivity contribution is 6.35. The number of benzene rings is 1. The van der Waals surface area contributed by atoms with E-state index < -0.39 is 0 Å². The summed E-state index contributed by atoms with van der Waals surface area (Å²) in [5.41, 5.74) is 8.73. The zero-order chi connectivity index (χ0) is 14.2. The predicted octanol–water partition coefficient (Wildman–Crippen LogP) is 2.52. The molecule has 0 saturated heterocycles. The van der Waals surface area contributed by atoms with Crippen LogP contribution in [0.15, 0.2) is 18.2 Å². The molecule has 1 amide bonds. The van der Waals surface area contributed by atoms with Crippen LogP contribution < -0.4 is 11.1 Å². The summed E-state index contributed by atoms with van der Waals surface area (Å²) in [5.74, 6) is -0.331. The average Bonchev–Trinajstić information content (AvgIpc) is 2.56. The van der Waals surface area contributed by atoms with E-state index in [0.717, 1.165) is 11.4 Å².